The van der Waals surface area contributed by atoms with E-state index >= 15 is 0 Å². The quantitative estimate of drug-likeness (QED) is 0.921. The molecule has 0 fully saturated rings. The lowest BCUT2D eigenvalue weighted by Gasteiger charge is -2.06. The molecule has 5 heteroatoms. The van der Waals surface area contributed by atoms with Gasteiger partial charge in [-0.05, 0) is 25.6 Å². The number of halogens is 1. The molecule has 1 atom stereocenters. The van der Waals surface area contributed by atoms with Crippen molar-refractivity contribution in [3.8, 4) is 10.6 Å². The van der Waals surface area contributed by atoms with Crippen molar-refractivity contribution in [2.24, 2.45) is 0 Å². The minimum absolute atomic E-state index is 0.249. The molecule has 1 N–H and O–H groups in total. The number of rotatable bonds is 4. The summed E-state index contributed by atoms with van der Waals surface area (Å²) in [7, 11) is 0. The Morgan fingerprint density at radius 1 is 1.29 bits per heavy atom. The molecule has 3 nitrogen and oxygen atoms in total. The van der Waals surface area contributed by atoms with E-state index < -0.39 is 0 Å². The van der Waals surface area contributed by atoms with Gasteiger partial charge in [-0.25, -0.2) is 0 Å². The second-order valence-corrected chi connectivity index (χ2v) is 5.18. The lowest BCUT2D eigenvalue weighted by Crippen LogP contribution is -2.17. The first kappa shape index (κ1) is 12.5. The third kappa shape index (κ3) is 3.03. The van der Waals surface area contributed by atoms with Crippen LogP contribution >= 0.6 is 22.9 Å². The molecule has 0 spiro atoms. The third-order valence-electron chi connectivity index (χ3n) is 2.41. The maximum absolute atomic E-state index is 5.85. The second kappa shape index (κ2) is 5.58. The van der Waals surface area contributed by atoms with Gasteiger partial charge in [-0.3, -0.25) is 0 Å². The van der Waals surface area contributed by atoms with Gasteiger partial charge in [-0.1, -0.05) is 42.0 Å². The highest BCUT2D eigenvalue weighted by Crippen LogP contribution is 2.27. The normalized spacial score (nSPS) is 12.6. The number of hydrogen-bond acceptors (Lipinski definition) is 4. The van der Waals surface area contributed by atoms with Crippen molar-refractivity contribution in [2.75, 3.05) is 6.54 Å². The van der Waals surface area contributed by atoms with Gasteiger partial charge in [-0.2, -0.15) is 0 Å². The Balaban J connectivity index is 2.20. The Bertz CT molecular complexity index is 481. The van der Waals surface area contributed by atoms with Crippen LogP contribution in [0.1, 0.15) is 24.9 Å². The lowest BCUT2D eigenvalue weighted by molar-refractivity contribution is 0.590. The summed E-state index contributed by atoms with van der Waals surface area (Å²) in [5.41, 5.74) is 1.06. The fourth-order valence-corrected chi connectivity index (χ4v) is 2.51. The first-order valence-corrected chi connectivity index (χ1v) is 6.73. The van der Waals surface area contributed by atoms with Crippen molar-refractivity contribution in [1.82, 2.24) is 15.5 Å². The Morgan fingerprint density at radius 2 is 2.00 bits per heavy atom. The van der Waals surface area contributed by atoms with Gasteiger partial charge in [0.25, 0.3) is 0 Å². The van der Waals surface area contributed by atoms with E-state index in [9.17, 15) is 0 Å². The van der Waals surface area contributed by atoms with Crippen LogP contribution in [-0.2, 0) is 0 Å². The van der Waals surface area contributed by atoms with Gasteiger partial charge in [0.15, 0.2) is 0 Å². The predicted molar refractivity (Wildman–Crippen MR) is 72.4 cm³/mol. The van der Waals surface area contributed by atoms with Crippen molar-refractivity contribution in [3.05, 3.63) is 34.3 Å². The van der Waals surface area contributed by atoms with E-state index in [0.717, 1.165) is 27.1 Å². The molecule has 0 radical (unpaired) electrons. The zero-order valence-electron chi connectivity index (χ0n) is 9.77. The van der Waals surface area contributed by atoms with Gasteiger partial charge in [0.05, 0.1) is 6.04 Å². The van der Waals surface area contributed by atoms with Crippen molar-refractivity contribution in [2.45, 2.75) is 19.9 Å². The van der Waals surface area contributed by atoms with Crippen molar-refractivity contribution in [1.29, 1.82) is 0 Å². The minimum Gasteiger partial charge on any atom is -0.308 e. The number of aromatic nitrogens is 2. The molecule has 90 valence electrons. The lowest BCUT2D eigenvalue weighted by atomic mass is 10.2. The highest BCUT2D eigenvalue weighted by molar-refractivity contribution is 7.14. The third-order valence-corrected chi connectivity index (χ3v) is 3.82. The SMILES string of the molecule is CCNC(C)c1nnc(-c2ccc(Cl)cc2)s1. The van der Waals surface area contributed by atoms with Crippen LogP contribution < -0.4 is 5.32 Å². The fraction of sp³-hybridized carbons (Fsp3) is 0.333. The summed E-state index contributed by atoms with van der Waals surface area (Å²) in [6.45, 7) is 5.10. The van der Waals surface area contributed by atoms with Crippen molar-refractivity contribution >= 4 is 22.9 Å². The van der Waals surface area contributed by atoms with Gasteiger partial charge in [0.1, 0.15) is 10.0 Å². The van der Waals surface area contributed by atoms with E-state index in [-0.39, 0.29) is 6.04 Å². The molecule has 1 aromatic heterocycles. The van der Waals surface area contributed by atoms with E-state index in [0.29, 0.717) is 0 Å². The molecule has 0 aliphatic rings. The summed E-state index contributed by atoms with van der Waals surface area (Å²) in [4.78, 5) is 0. The van der Waals surface area contributed by atoms with Gasteiger partial charge in [0.2, 0.25) is 0 Å². The molecule has 0 aliphatic heterocycles. The zero-order valence-corrected chi connectivity index (χ0v) is 11.3. The van der Waals surface area contributed by atoms with Gasteiger partial charge < -0.3 is 5.32 Å². The first-order valence-electron chi connectivity index (χ1n) is 5.53. The van der Waals surface area contributed by atoms with Gasteiger partial charge in [-0.15, -0.1) is 10.2 Å². The molecule has 2 rings (SSSR count). The van der Waals surface area contributed by atoms with Gasteiger partial charge in [0, 0.05) is 10.6 Å². The topological polar surface area (TPSA) is 37.8 Å². The van der Waals surface area contributed by atoms with Crippen LogP contribution in [-0.4, -0.2) is 16.7 Å². The van der Waals surface area contributed by atoms with E-state index in [1.54, 1.807) is 11.3 Å². The summed E-state index contributed by atoms with van der Waals surface area (Å²) in [6.07, 6.45) is 0. The summed E-state index contributed by atoms with van der Waals surface area (Å²) in [5, 5.41) is 14.4. The van der Waals surface area contributed by atoms with E-state index in [1.807, 2.05) is 24.3 Å². The average molecular weight is 268 g/mol. The smallest absolute Gasteiger partial charge is 0.147 e. The predicted octanol–water partition coefficient (Wildman–Crippen LogP) is 3.53. The largest absolute Gasteiger partial charge is 0.308 e. The minimum atomic E-state index is 0.249. The number of hydrogen-bond donors (Lipinski definition) is 1. The summed E-state index contributed by atoms with van der Waals surface area (Å²) in [5.74, 6) is 0. The number of nitrogens with one attached hydrogen (secondary N) is 1. The van der Waals surface area contributed by atoms with E-state index in [2.05, 4.69) is 29.4 Å². The highest BCUT2D eigenvalue weighted by atomic mass is 35.5. The van der Waals surface area contributed by atoms with Crippen LogP contribution in [0.3, 0.4) is 0 Å². The molecule has 1 heterocycles. The van der Waals surface area contributed by atoms with E-state index in [1.165, 1.54) is 0 Å². The van der Waals surface area contributed by atoms with Crippen LogP contribution in [0.5, 0.6) is 0 Å². The molecule has 17 heavy (non-hydrogen) atoms. The van der Waals surface area contributed by atoms with E-state index in [4.69, 9.17) is 11.6 Å². The van der Waals surface area contributed by atoms with Crippen LogP contribution in [0, 0.1) is 0 Å². The van der Waals surface area contributed by atoms with Crippen LogP contribution in [0.2, 0.25) is 5.02 Å². The van der Waals surface area contributed by atoms with Crippen molar-refractivity contribution < 1.29 is 0 Å². The Kier molecular flexibility index (Phi) is 4.10. The van der Waals surface area contributed by atoms with Crippen LogP contribution in [0.15, 0.2) is 24.3 Å². The first-order chi connectivity index (χ1) is 8.20. The molecule has 0 saturated heterocycles. The Morgan fingerprint density at radius 3 is 2.65 bits per heavy atom. The highest BCUT2D eigenvalue weighted by Gasteiger charge is 2.11. The molecular formula is C12H14ClN3S. The van der Waals surface area contributed by atoms with Crippen LogP contribution in [0.4, 0.5) is 0 Å². The Labute approximate surface area is 110 Å². The maximum atomic E-state index is 5.85. The molecule has 0 amide bonds. The molecule has 1 unspecified atom stereocenters. The monoisotopic (exact) mass is 267 g/mol. The molecule has 0 aliphatic carbocycles. The summed E-state index contributed by atoms with van der Waals surface area (Å²) in [6, 6.07) is 7.91. The van der Waals surface area contributed by atoms with Gasteiger partial charge >= 0.3 is 0 Å². The number of benzene rings is 1. The molecule has 2 aromatic rings. The Hall–Kier alpha value is -0.970. The summed E-state index contributed by atoms with van der Waals surface area (Å²) >= 11 is 7.47. The average Bonchev–Trinajstić information content (AvgIpc) is 2.80. The number of nitrogens with zero attached hydrogens (tertiary/aromatic N) is 2. The fourth-order valence-electron chi connectivity index (χ4n) is 1.51. The molecular weight excluding hydrogens is 254 g/mol. The second-order valence-electron chi connectivity index (χ2n) is 3.73. The molecule has 0 bridgehead atoms. The maximum Gasteiger partial charge on any atom is 0.147 e. The standard InChI is InChI=1S/C12H14ClN3S/c1-3-14-8(2)11-15-16-12(17-11)9-4-6-10(13)7-5-9/h4-8,14H,3H2,1-2H3. The molecule has 0 saturated carbocycles. The molecule has 1 aromatic carbocycles. The summed E-state index contributed by atoms with van der Waals surface area (Å²) < 4.78 is 0. The zero-order chi connectivity index (χ0) is 12.3. The van der Waals surface area contributed by atoms with Crippen LogP contribution in [0.25, 0.3) is 10.6 Å². The van der Waals surface area contributed by atoms with Crippen molar-refractivity contribution in [3.63, 3.8) is 0 Å².